The molecule has 10 heteroatoms. The molecule has 0 N–H and O–H groups in total. The molecule has 2 saturated carbocycles. The number of rotatable bonds is 8. The van der Waals surface area contributed by atoms with E-state index < -0.39 is 10.0 Å². The molecule has 3 aliphatic rings. The summed E-state index contributed by atoms with van der Waals surface area (Å²) in [4.78, 5) is 15.8. The highest BCUT2D eigenvalue weighted by molar-refractivity contribution is 7.88. The Bertz CT molecular complexity index is 1490. The summed E-state index contributed by atoms with van der Waals surface area (Å²) in [5.41, 5.74) is 1.62. The van der Waals surface area contributed by atoms with Crippen molar-refractivity contribution >= 4 is 27.3 Å². The number of fused-ring (bicyclic) bond motifs is 2. The zero-order valence-corrected chi connectivity index (χ0v) is 23.4. The van der Waals surface area contributed by atoms with Gasteiger partial charge in [0.2, 0.25) is 15.8 Å². The van der Waals surface area contributed by atoms with Crippen LogP contribution >= 0.6 is 11.6 Å². The second-order valence-electron chi connectivity index (χ2n) is 10.9. The third kappa shape index (κ3) is 5.58. The lowest BCUT2D eigenvalue weighted by Crippen LogP contribution is -2.49. The molecule has 0 radical (unpaired) electrons. The lowest BCUT2D eigenvalue weighted by atomic mass is 9.89. The quantitative estimate of drug-likeness (QED) is 0.402. The van der Waals surface area contributed by atoms with Crippen LogP contribution in [0.4, 0.5) is 5.69 Å². The van der Waals surface area contributed by atoms with Gasteiger partial charge in [-0.2, -0.15) is 14.1 Å². The molecule has 2 aromatic carbocycles. The van der Waals surface area contributed by atoms with Crippen LogP contribution in [0, 0.1) is 17.8 Å². The maximum atomic E-state index is 13.7. The average molecular weight is 569 g/mol. The summed E-state index contributed by atoms with van der Waals surface area (Å²) in [7, 11) is -3.45. The predicted octanol–water partition coefficient (Wildman–Crippen LogP) is 4.35. The van der Waals surface area contributed by atoms with Crippen molar-refractivity contribution in [3.63, 3.8) is 0 Å². The fourth-order valence-electron chi connectivity index (χ4n) is 6.44. The molecule has 3 unspecified atom stereocenters. The monoisotopic (exact) mass is 568 g/mol. The molecule has 6 rings (SSSR count). The van der Waals surface area contributed by atoms with Gasteiger partial charge < -0.3 is 9.64 Å². The van der Waals surface area contributed by atoms with Crippen molar-refractivity contribution in [2.75, 3.05) is 37.7 Å². The Balaban J connectivity index is 1.23. The van der Waals surface area contributed by atoms with Crippen LogP contribution in [-0.2, 0) is 15.8 Å². The first-order valence-electron chi connectivity index (χ1n) is 13.6. The molecule has 2 aliphatic carbocycles. The number of piperazine rings is 1. The van der Waals surface area contributed by atoms with Crippen molar-refractivity contribution in [1.82, 2.24) is 14.1 Å². The second-order valence-corrected chi connectivity index (χ2v) is 13.3. The van der Waals surface area contributed by atoms with Crippen molar-refractivity contribution in [3.8, 4) is 11.4 Å². The fraction of sp³-hybridized carbons (Fsp3) is 0.448. The van der Waals surface area contributed by atoms with E-state index in [-0.39, 0.29) is 17.1 Å². The molecule has 8 nitrogen and oxygen atoms in total. The molecule has 3 atom stereocenters. The van der Waals surface area contributed by atoms with E-state index in [4.69, 9.17) is 16.3 Å². The number of halogens is 1. The molecule has 3 aromatic rings. The van der Waals surface area contributed by atoms with Crippen LogP contribution in [-0.4, -0.2) is 55.3 Å². The molecule has 0 amide bonds. The third-order valence-corrected chi connectivity index (χ3v) is 10.5. The van der Waals surface area contributed by atoms with Gasteiger partial charge in [0.1, 0.15) is 5.69 Å². The summed E-state index contributed by atoms with van der Waals surface area (Å²) in [5.74, 6) is 2.17. The van der Waals surface area contributed by atoms with Gasteiger partial charge in [0.25, 0.3) is 0 Å². The van der Waals surface area contributed by atoms with Gasteiger partial charge in [0.15, 0.2) is 0 Å². The predicted molar refractivity (Wildman–Crippen MR) is 152 cm³/mol. The van der Waals surface area contributed by atoms with Gasteiger partial charge in [0, 0.05) is 31.2 Å². The van der Waals surface area contributed by atoms with E-state index in [9.17, 15) is 13.2 Å². The molecular weight excluding hydrogens is 536 g/mol. The summed E-state index contributed by atoms with van der Waals surface area (Å²) in [6, 6.07) is 16.2. The Labute approximate surface area is 234 Å². The van der Waals surface area contributed by atoms with Gasteiger partial charge in [-0.3, -0.25) is 4.79 Å². The molecule has 1 aliphatic heterocycles. The lowest BCUT2D eigenvalue weighted by molar-refractivity contribution is 0.192. The van der Waals surface area contributed by atoms with Crippen LogP contribution in [0.3, 0.4) is 0 Å². The van der Waals surface area contributed by atoms with Gasteiger partial charge in [-0.1, -0.05) is 54.4 Å². The molecule has 1 aromatic heterocycles. The second kappa shape index (κ2) is 10.9. The molecule has 0 spiro atoms. The Morgan fingerprint density at radius 3 is 2.46 bits per heavy atom. The Morgan fingerprint density at radius 1 is 0.974 bits per heavy atom. The molecule has 2 bridgehead atoms. The van der Waals surface area contributed by atoms with Gasteiger partial charge in [-0.05, 0) is 60.8 Å². The van der Waals surface area contributed by atoms with Crippen molar-refractivity contribution in [1.29, 1.82) is 0 Å². The molecule has 3 fully saturated rings. The molecule has 206 valence electrons. The topological polar surface area (TPSA) is 84.7 Å². The van der Waals surface area contributed by atoms with Crippen LogP contribution in [0.2, 0.25) is 5.02 Å². The van der Waals surface area contributed by atoms with Crippen molar-refractivity contribution in [2.24, 2.45) is 17.8 Å². The largest absolute Gasteiger partial charge is 0.486 e. The fourth-order valence-corrected chi connectivity index (χ4v) is 8.14. The van der Waals surface area contributed by atoms with Crippen molar-refractivity contribution < 1.29 is 13.2 Å². The van der Waals surface area contributed by atoms with E-state index in [1.54, 1.807) is 30.5 Å². The standard InChI is InChI=1S/C29H33ClN4O4S/c30-25-7-4-8-26(17-25)34-29(35)28(38-19-24-16-22-9-10-23(24)15-22)27(18-31-34)32-11-13-33(14-12-32)39(36,37)20-21-5-2-1-3-6-21/h1-8,17-18,22-24H,9-16,19-20H2. The molecule has 39 heavy (non-hydrogen) atoms. The Hall–Kier alpha value is -2.88. The summed E-state index contributed by atoms with van der Waals surface area (Å²) in [6.45, 7) is 2.06. The highest BCUT2D eigenvalue weighted by Gasteiger charge is 2.40. The SMILES string of the molecule is O=c1c(OCC2CC3CCC2C3)c(N2CCN(S(=O)(=O)Cc3ccccc3)CC2)cnn1-c1cccc(Cl)c1. The van der Waals surface area contributed by atoms with Gasteiger partial charge in [-0.15, -0.1) is 0 Å². The number of hydrogen-bond donors (Lipinski definition) is 0. The van der Waals surface area contributed by atoms with Crippen LogP contribution < -0.4 is 15.2 Å². The Morgan fingerprint density at radius 2 is 1.77 bits per heavy atom. The zero-order chi connectivity index (χ0) is 27.0. The number of benzene rings is 2. The van der Waals surface area contributed by atoms with Crippen molar-refractivity contribution in [3.05, 3.63) is 81.7 Å². The summed E-state index contributed by atoms with van der Waals surface area (Å²) >= 11 is 6.19. The Kier molecular flexibility index (Phi) is 7.39. The third-order valence-electron chi connectivity index (χ3n) is 8.46. The molecule has 2 heterocycles. The highest BCUT2D eigenvalue weighted by Crippen LogP contribution is 2.48. The van der Waals surface area contributed by atoms with E-state index in [0.29, 0.717) is 61.0 Å². The maximum Gasteiger partial charge on any atom is 0.316 e. The van der Waals surface area contributed by atoms with Gasteiger partial charge in [0.05, 0.1) is 24.2 Å². The van der Waals surface area contributed by atoms with Gasteiger partial charge >= 0.3 is 5.56 Å². The van der Waals surface area contributed by atoms with Crippen LogP contribution in [0.1, 0.15) is 31.2 Å². The van der Waals surface area contributed by atoms with E-state index in [2.05, 4.69) is 5.10 Å². The maximum absolute atomic E-state index is 13.7. The highest BCUT2D eigenvalue weighted by atomic mass is 35.5. The number of nitrogens with zero attached hydrogens (tertiary/aromatic N) is 4. The van der Waals surface area contributed by atoms with E-state index in [1.165, 1.54) is 28.2 Å². The summed E-state index contributed by atoms with van der Waals surface area (Å²) in [6.07, 6.45) is 6.64. The average Bonchev–Trinajstić information content (AvgIpc) is 3.56. The first-order chi connectivity index (χ1) is 18.9. The number of anilines is 1. The number of ether oxygens (including phenoxy) is 1. The van der Waals surface area contributed by atoms with Crippen LogP contribution in [0.25, 0.3) is 5.69 Å². The van der Waals surface area contributed by atoms with Gasteiger partial charge in [-0.25, -0.2) is 8.42 Å². The number of sulfonamides is 1. The van der Waals surface area contributed by atoms with Crippen LogP contribution in [0.15, 0.2) is 65.6 Å². The molecule has 1 saturated heterocycles. The van der Waals surface area contributed by atoms with E-state index >= 15 is 0 Å². The summed E-state index contributed by atoms with van der Waals surface area (Å²) < 4.78 is 35.3. The minimum Gasteiger partial charge on any atom is -0.486 e. The first kappa shape index (κ1) is 26.3. The normalized spacial score (nSPS) is 23.3. The minimum atomic E-state index is -3.45. The van der Waals surface area contributed by atoms with Crippen LogP contribution in [0.5, 0.6) is 5.75 Å². The first-order valence-corrected chi connectivity index (χ1v) is 15.6. The van der Waals surface area contributed by atoms with E-state index in [1.807, 2.05) is 35.2 Å². The molecular formula is C29H33ClN4O4S. The van der Waals surface area contributed by atoms with Crippen molar-refractivity contribution in [2.45, 2.75) is 31.4 Å². The number of aromatic nitrogens is 2. The summed E-state index contributed by atoms with van der Waals surface area (Å²) in [5, 5.41) is 4.98. The number of hydrogen-bond acceptors (Lipinski definition) is 6. The smallest absolute Gasteiger partial charge is 0.316 e. The van der Waals surface area contributed by atoms with E-state index in [0.717, 1.165) is 17.9 Å². The minimum absolute atomic E-state index is 0.0248. The zero-order valence-electron chi connectivity index (χ0n) is 21.8. The lowest BCUT2D eigenvalue weighted by Gasteiger charge is -2.36.